The number of hydrogen-bond donors (Lipinski definition) is 2. The maximum Gasteiger partial charge on any atom is 0.223 e. The van der Waals surface area contributed by atoms with Gasteiger partial charge in [0.15, 0.2) is 17.5 Å². The second-order valence-electron chi connectivity index (χ2n) is 5.42. The molecule has 148 valence electrons. The number of carbonyl (C=O) groups is 1. The Kier molecular flexibility index (Phi) is 11.5. The molecule has 0 saturated heterocycles. The van der Waals surface area contributed by atoms with Gasteiger partial charge in [-0.3, -0.25) is 9.79 Å². The lowest BCUT2D eigenvalue weighted by Crippen LogP contribution is -2.38. The summed E-state index contributed by atoms with van der Waals surface area (Å²) < 4.78 is 16.0. The van der Waals surface area contributed by atoms with Crippen LogP contribution in [0.15, 0.2) is 17.1 Å². The Labute approximate surface area is 172 Å². The number of halogens is 1. The van der Waals surface area contributed by atoms with Crippen LogP contribution < -0.4 is 24.8 Å². The Morgan fingerprint density at radius 3 is 2.08 bits per heavy atom. The lowest BCUT2D eigenvalue weighted by Gasteiger charge is -2.16. The number of guanidine groups is 1. The monoisotopic (exact) mass is 480 g/mol. The maximum absolute atomic E-state index is 11.6. The zero-order valence-electron chi connectivity index (χ0n) is 16.2. The van der Waals surface area contributed by atoms with Gasteiger partial charge in [-0.25, -0.2) is 0 Å². The van der Waals surface area contributed by atoms with Crippen LogP contribution in [0.1, 0.15) is 12.0 Å². The molecule has 0 unspecified atom stereocenters. The van der Waals surface area contributed by atoms with Crippen molar-refractivity contribution < 1.29 is 19.0 Å². The topological polar surface area (TPSA) is 84.4 Å². The van der Waals surface area contributed by atoms with E-state index < -0.39 is 0 Å². The minimum absolute atomic E-state index is 0. The van der Waals surface area contributed by atoms with Gasteiger partial charge in [-0.05, 0) is 17.7 Å². The van der Waals surface area contributed by atoms with E-state index in [9.17, 15) is 4.79 Å². The Balaban J connectivity index is 0.00000625. The number of aliphatic imine (C=N–C) groups is 1. The number of nitrogens with one attached hydrogen (secondary N) is 2. The van der Waals surface area contributed by atoms with Crippen molar-refractivity contribution in [3.05, 3.63) is 17.7 Å². The molecule has 1 rings (SSSR count). The fourth-order valence-electron chi connectivity index (χ4n) is 2.16. The van der Waals surface area contributed by atoms with Crippen LogP contribution in [0.3, 0.4) is 0 Å². The summed E-state index contributed by atoms with van der Waals surface area (Å²) in [5, 5.41) is 6.30. The van der Waals surface area contributed by atoms with Crippen LogP contribution in [0.25, 0.3) is 0 Å². The largest absolute Gasteiger partial charge is 0.493 e. The number of rotatable bonds is 8. The summed E-state index contributed by atoms with van der Waals surface area (Å²) in [6, 6.07) is 3.74. The minimum atomic E-state index is 0. The van der Waals surface area contributed by atoms with Crippen molar-refractivity contribution in [2.24, 2.45) is 4.99 Å². The standard InChI is InChI=1S/C17H28N4O4.HI/c1-18-17(19-8-7-15(22)21(2)3)20-11-12-9-13(23-4)16(25-6)14(10-12)24-5;/h9-10H,7-8,11H2,1-6H3,(H2,18,19,20);1H. The first kappa shape index (κ1) is 24.1. The SMILES string of the molecule is CN=C(NCCC(=O)N(C)C)NCc1cc(OC)c(OC)c(OC)c1.I. The van der Waals surface area contributed by atoms with Gasteiger partial charge < -0.3 is 29.7 Å². The van der Waals surface area contributed by atoms with Crippen LogP contribution in [-0.2, 0) is 11.3 Å². The molecule has 2 N–H and O–H groups in total. The molecule has 0 aromatic heterocycles. The van der Waals surface area contributed by atoms with Crippen molar-refractivity contribution in [2.45, 2.75) is 13.0 Å². The summed E-state index contributed by atoms with van der Waals surface area (Å²) in [6.45, 7) is 1.02. The molecule has 8 nitrogen and oxygen atoms in total. The lowest BCUT2D eigenvalue weighted by atomic mass is 10.2. The Morgan fingerprint density at radius 2 is 1.65 bits per heavy atom. The number of carbonyl (C=O) groups excluding carboxylic acids is 1. The molecule has 1 aromatic carbocycles. The van der Waals surface area contributed by atoms with Gasteiger partial charge in [0.05, 0.1) is 21.3 Å². The van der Waals surface area contributed by atoms with Crippen molar-refractivity contribution in [1.82, 2.24) is 15.5 Å². The van der Waals surface area contributed by atoms with E-state index in [0.717, 1.165) is 5.56 Å². The smallest absolute Gasteiger partial charge is 0.223 e. The zero-order chi connectivity index (χ0) is 18.8. The second-order valence-corrected chi connectivity index (χ2v) is 5.42. The van der Waals surface area contributed by atoms with Gasteiger partial charge in [-0.15, -0.1) is 24.0 Å². The molecule has 9 heteroatoms. The van der Waals surface area contributed by atoms with Crippen LogP contribution in [0, 0.1) is 0 Å². The highest BCUT2D eigenvalue weighted by Gasteiger charge is 2.13. The fraction of sp³-hybridized carbons (Fsp3) is 0.529. The van der Waals surface area contributed by atoms with E-state index in [1.54, 1.807) is 47.4 Å². The number of nitrogens with zero attached hydrogens (tertiary/aromatic N) is 2. The number of benzene rings is 1. The van der Waals surface area contributed by atoms with Gasteiger partial charge in [-0.2, -0.15) is 0 Å². The average molecular weight is 480 g/mol. The molecule has 0 radical (unpaired) electrons. The van der Waals surface area contributed by atoms with E-state index in [-0.39, 0.29) is 29.9 Å². The number of methoxy groups -OCH3 is 3. The third kappa shape index (κ3) is 7.14. The van der Waals surface area contributed by atoms with Gasteiger partial charge in [0.25, 0.3) is 0 Å². The summed E-state index contributed by atoms with van der Waals surface area (Å²) >= 11 is 0. The molecule has 1 aromatic rings. The lowest BCUT2D eigenvalue weighted by molar-refractivity contribution is -0.128. The molecule has 0 aliphatic heterocycles. The molecule has 0 aliphatic carbocycles. The molecule has 1 amide bonds. The zero-order valence-corrected chi connectivity index (χ0v) is 18.5. The Morgan fingerprint density at radius 1 is 1.08 bits per heavy atom. The van der Waals surface area contributed by atoms with Crippen LogP contribution in [0.5, 0.6) is 17.2 Å². The molecule has 0 bridgehead atoms. The van der Waals surface area contributed by atoms with Crippen molar-refractivity contribution in [3.63, 3.8) is 0 Å². The minimum Gasteiger partial charge on any atom is -0.493 e. The second kappa shape index (κ2) is 12.4. The van der Waals surface area contributed by atoms with E-state index in [4.69, 9.17) is 14.2 Å². The number of hydrogen-bond acceptors (Lipinski definition) is 5. The van der Waals surface area contributed by atoms with Gasteiger partial charge in [0.1, 0.15) is 0 Å². The molecule has 0 heterocycles. The van der Waals surface area contributed by atoms with Crippen LogP contribution in [0.2, 0.25) is 0 Å². The summed E-state index contributed by atoms with van der Waals surface area (Å²) in [5.74, 6) is 2.42. The van der Waals surface area contributed by atoms with Gasteiger partial charge in [-0.1, -0.05) is 0 Å². The van der Waals surface area contributed by atoms with Gasteiger partial charge in [0.2, 0.25) is 11.7 Å². The molecule has 0 saturated carbocycles. The van der Waals surface area contributed by atoms with Gasteiger partial charge >= 0.3 is 0 Å². The van der Waals surface area contributed by atoms with Crippen LogP contribution in [-0.4, -0.2) is 65.8 Å². The third-order valence-corrected chi connectivity index (χ3v) is 3.54. The Bertz CT molecular complexity index is 583. The van der Waals surface area contributed by atoms with Crippen molar-refractivity contribution >= 4 is 35.8 Å². The van der Waals surface area contributed by atoms with Crippen molar-refractivity contribution in [1.29, 1.82) is 0 Å². The number of ether oxygens (including phenoxy) is 3. The predicted octanol–water partition coefficient (Wildman–Crippen LogP) is 1.47. The average Bonchev–Trinajstić information content (AvgIpc) is 2.62. The summed E-state index contributed by atoms with van der Waals surface area (Å²) in [6.07, 6.45) is 0.401. The first-order valence-corrected chi connectivity index (χ1v) is 7.90. The van der Waals surface area contributed by atoms with Crippen LogP contribution >= 0.6 is 24.0 Å². The maximum atomic E-state index is 11.6. The highest BCUT2D eigenvalue weighted by Crippen LogP contribution is 2.38. The summed E-state index contributed by atoms with van der Waals surface area (Å²) in [5.41, 5.74) is 0.946. The molecular weight excluding hydrogens is 451 g/mol. The van der Waals surface area contributed by atoms with E-state index in [0.29, 0.717) is 42.7 Å². The van der Waals surface area contributed by atoms with Crippen LogP contribution in [0.4, 0.5) is 0 Å². The van der Waals surface area contributed by atoms with Crippen molar-refractivity contribution in [3.8, 4) is 17.2 Å². The summed E-state index contributed by atoms with van der Waals surface area (Å²) in [4.78, 5) is 17.3. The Hall–Kier alpha value is -1.91. The highest BCUT2D eigenvalue weighted by molar-refractivity contribution is 14.0. The normalized spacial score (nSPS) is 10.5. The predicted molar refractivity (Wildman–Crippen MR) is 113 cm³/mol. The van der Waals surface area contributed by atoms with E-state index >= 15 is 0 Å². The highest BCUT2D eigenvalue weighted by atomic mass is 127. The molecular formula is C17H29IN4O4. The fourth-order valence-corrected chi connectivity index (χ4v) is 2.16. The molecule has 0 fully saturated rings. The molecule has 0 aliphatic rings. The van der Waals surface area contributed by atoms with E-state index in [1.807, 2.05) is 12.1 Å². The van der Waals surface area contributed by atoms with E-state index in [2.05, 4.69) is 15.6 Å². The first-order chi connectivity index (χ1) is 12.0. The van der Waals surface area contributed by atoms with Gasteiger partial charge in [0, 0.05) is 40.7 Å². The van der Waals surface area contributed by atoms with Crippen molar-refractivity contribution in [2.75, 3.05) is 49.0 Å². The number of amides is 1. The molecule has 26 heavy (non-hydrogen) atoms. The molecule has 0 spiro atoms. The van der Waals surface area contributed by atoms with E-state index in [1.165, 1.54) is 0 Å². The summed E-state index contributed by atoms with van der Waals surface area (Å²) in [7, 11) is 9.88. The molecule has 0 atom stereocenters. The first-order valence-electron chi connectivity index (χ1n) is 7.90. The quantitative estimate of drug-likeness (QED) is 0.333. The third-order valence-electron chi connectivity index (χ3n) is 3.54.